The van der Waals surface area contributed by atoms with Crippen LogP contribution in [0, 0.1) is 0 Å². The fourth-order valence-electron chi connectivity index (χ4n) is 2.29. The Balaban J connectivity index is 2.26. The summed E-state index contributed by atoms with van der Waals surface area (Å²) in [7, 11) is 5.29. The Morgan fingerprint density at radius 3 is 2.44 bits per heavy atom. The van der Waals surface area contributed by atoms with Gasteiger partial charge in [0.15, 0.2) is 11.5 Å². The van der Waals surface area contributed by atoms with Crippen LogP contribution in [-0.4, -0.2) is 33.7 Å². The molecule has 0 aliphatic heterocycles. The zero-order chi connectivity index (χ0) is 18.6. The Morgan fingerprint density at radius 2 is 1.88 bits per heavy atom. The number of rotatable bonds is 6. The zero-order valence-electron chi connectivity index (χ0n) is 14.5. The number of nitrogens with one attached hydrogen (secondary N) is 1. The van der Waals surface area contributed by atoms with Gasteiger partial charge in [-0.05, 0) is 37.3 Å². The Morgan fingerprint density at radius 1 is 1.16 bits per heavy atom. The van der Waals surface area contributed by atoms with Gasteiger partial charge in [-0.25, -0.2) is 0 Å². The lowest BCUT2D eigenvalue weighted by atomic mass is 10.1. The van der Waals surface area contributed by atoms with Crippen molar-refractivity contribution in [1.82, 2.24) is 0 Å². The number of amides is 1. The molecule has 0 atom stereocenters. The van der Waals surface area contributed by atoms with E-state index in [4.69, 9.17) is 32.7 Å². The maximum Gasteiger partial charge on any atom is 0.255 e. The molecule has 2 aromatic rings. The van der Waals surface area contributed by atoms with E-state index in [1.165, 1.54) is 7.11 Å². The van der Waals surface area contributed by atoms with Crippen LogP contribution >= 0.6 is 23.2 Å². The lowest BCUT2D eigenvalue weighted by molar-refractivity contribution is 0.102. The first-order chi connectivity index (χ1) is 11.9. The van der Waals surface area contributed by atoms with Gasteiger partial charge in [-0.1, -0.05) is 23.2 Å². The zero-order valence-corrected chi connectivity index (χ0v) is 16.0. The van der Waals surface area contributed by atoms with Crippen LogP contribution in [0.15, 0.2) is 30.3 Å². The smallest absolute Gasteiger partial charge is 0.255 e. The van der Waals surface area contributed by atoms with E-state index in [9.17, 15) is 4.79 Å². The van der Waals surface area contributed by atoms with Crippen molar-refractivity contribution in [3.8, 4) is 11.5 Å². The molecule has 25 heavy (non-hydrogen) atoms. The van der Waals surface area contributed by atoms with Gasteiger partial charge in [0, 0.05) is 25.3 Å². The third-order valence-corrected chi connectivity index (χ3v) is 4.05. The molecule has 0 fully saturated rings. The summed E-state index contributed by atoms with van der Waals surface area (Å²) in [5.41, 5.74) is 1.81. The Hall–Kier alpha value is -2.11. The van der Waals surface area contributed by atoms with E-state index in [2.05, 4.69) is 5.32 Å². The maximum atomic E-state index is 12.5. The summed E-state index contributed by atoms with van der Waals surface area (Å²) in [6, 6.07) is 8.45. The molecule has 0 radical (unpaired) electrons. The van der Waals surface area contributed by atoms with Crippen molar-refractivity contribution in [1.29, 1.82) is 0 Å². The number of carbonyl (C=O) groups is 1. The van der Waals surface area contributed by atoms with Gasteiger partial charge in [0.05, 0.1) is 29.4 Å². The lowest BCUT2D eigenvalue weighted by Gasteiger charge is -2.16. The number of benzene rings is 2. The number of hydrogen-bond acceptors (Lipinski definition) is 4. The predicted octanol–water partition coefficient (Wildman–Crippen LogP) is 4.72. The van der Waals surface area contributed by atoms with Crippen molar-refractivity contribution in [3.63, 3.8) is 0 Å². The van der Waals surface area contributed by atoms with Gasteiger partial charge >= 0.3 is 0 Å². The van der Waals surface area contributed by atoms with Crippen LogP contribution in [0.5, 0.6) is 11.5 Å². The van der Waals surface area contributed by atoms with Gasteiger partial charge in [-0.2, -0.15) is 0 Å². The van der Waals surface area contributed by atoms with Crippen molar-refractivity contribution in [2.24, 2.45) is 0 Å². The molecule has 1 N–H and O–H groups in total. The molecule has 2 rings (SSSR count). The van der Waals surface area contributed by atoms with Crippen molar-refractivity contribution >= 4 is 40.5 Å². The number of halogens is 2. The number of anilines is 2. The molecule has 0 unspecified atom stereocenters. The topological polar surface area (TPSA) is 50.8 Å². The minimum atomic E-state index is -0.322. The number of ether oxygens (including phenoxy) is 2. The highest BCUT2D eigenvalue weighted by Gasteiger charge is 2.16. The first-order valence-corrected chi connectivity index (χ1v) is 8.41. The SMILES string of the molecule is CCOc1c(Cl)cc(C(=O)Nc2ccc(N(C)C)c(Cl)c2)cc1OC. The summed E-state index contributed by atoms with van der Waals surface area (Å²) in [6.45, 7) is 2.29. The Labute approximate surface area is 157 Å². The molecular weight excluding hydrogens is 363 g/mol. The van der Waals surface area contributed by atoms with Crippen LogP contribution in [0.3, 0.4) is 0 Å². The average molecular weight is 383 g/mol. The third-order valence-electron chi connectivity index (χ3n) is 3.47. The fourth-order valence-corrected chi connectivity index (χ4v) is 2.90. The molecule has 0 spiro atoms. The lowest BCUT2D eigenvalue weighted by Crippen LogP contribution is -2.13. The average Bonchev–Trinajstić information content (AvgIpc) is 2.56. The molecule has 0 heterocycles. The standard InChI is InChI=1S/C18H20Cl2N2O3/c1-5-25-17-14(20)8-11(9-16(17)24-4)18(23)21-12-6-7-15(22(2)3)13(19)10-12/h6-10H,5H2,1-4H3,(H,21,23). The minimum absolute atomic E-state index is 0.312. The van der Waals surface area contributed by atoms with Gasteiger partial charge in [0.25, 0.3) is 5.91 Å². The number of carbonyl (C=O) groups excluding carboxylic acids is 1. The van der Waals surface area contributed by atoms with Crippen molar-refractivity contribution in [2.45, 2.75) is 6.92 Å². The van der Waals surface area contributed by atoms with Crippen LogP contribution in [0.25, 0.3) is 0 Å². The molecule has 0 aromatic heterocycles. The summed E-state index contributed by atoms with van der Waals surface area (Å²) in [5.74, 6) is 0.499. The van der Waals surface area contributed by atoms with Crippen LogP contribution in [0.2, 0.25) is 10.0 Å². The predicted molar refractivity (Wildman–Crippen MR) is 103 cm³/mol. The van der Waals surface area contributed by atoms with E-state index in [1.807, 2.05) is 32.0 Å². The molecule has 0 saturated carbocycles. The molecule has 2 aromatic carbocycles. The monoisotopic (exact) mass is 382 g/mol. The second-order valence-electron chi connectivity index (χ2n) is 5.44. The number of methoxy groups -OCH3 is 1. The van der Waals surface area contributed by atoms with Crippen molar-refractivity contribution < 1.29 is 14.3 Å². The number of nitrogens with zero attached hydrogens (tertiary/aromatic N) is 1. The molecule has 0 saturated heterocycles. The molecule has 0 bridgehead atoms. The fraction of sp³-hybridized carbons (Fsp3) is 0.278. The summed E-state index contributed by atoms with van der Waals surface area (Å²) in [4.78, 5) is 14.4. The van der Waals surface area contributed by atoms with E-state index < -0.39 is 0 Å². The van der Waals surface area contributed by atoms with E-state index in [-0.39, 0.29) is 5.91 Å². The van der Waals surface area contributed by atoms with Crippen LogP contribution in [0.1, 0.15) is 17.3 Å². The van der Waals surface area contributed by atoms with Crippen LogP contribution < -0.4 is 19.7 Å². The van der Waals surface area contributed by atoms with Crippen molar-refractivity contribution in [2.75, 3.05) is 38.0 Å². The highest BCUT2D eigenvalue weighted by atomic mass is 35.5. The molecule has 134 valence electrons. The van der Waals surface area contributed by atoms with Gasteiger partial charge in [0.2, 0.25) is 0 Å². The van der Waals surface area contributed by atoms with Crippen LogP contribution in [-0.2, 0) is 0 Å². The Bertz CT molecular complexity index is 779. The van der Waals surface area contributed by atoms with E-state index in [0.29, 0.717) is 39.4 Å². The summed E-state index contributed by atoms with van der Waals surface area (Å²) < 4.78 is 10.7. The second kappa shape index (κ2) is 8.32. The highest BCUT2D eigenvalue weighted by Crippen LogP contribution is 2.36. The summed E-state index contributed by atoms with van der Waals surface area (Å²) >= 11 is 12.4. The van der Waals surface area contributed by atoms with Gasteiger partial charge in [-0.3, -0.25) is 4.79 Å². The molecule has 7 heteroatoms. The molecule has 1 amide bonds. The van der Waals surface area contributed by atoms with Crippen LogP contribution in [0.4, 0.5) is 11.4 Å². The summed E-state index contributed by atoms with van der Waals surface area (Å²) in [6.07, 6.45) is 0. The maximum absolute atomic E-state index is 12.5. The molecular formula is C18H20Cl2N2O3. The van der Waals surface area contributed by atoms with Crippen molar-refractivity contribution in [3.05, 3.63) is 45.9 Å². The Kier molecular flexibility index (Phi) is 6.39. The first-order valence-electron chi connectivity index (χ1n) is 7.66. The van der Waals surface area contributed by atoms with E-state index in [1.54, 1.807) is 24.3 Å². The molecule has 0 aliphatic carbocycles. The minimum Gasteiger partial charge on any atom is -0.493 e. The number of hydrogen-bond donors (Lipinski definition) is 1. The van der Waals surface area contributed by atoms with Gasteiger partial charge < -0.3 is 19.7 Å². The third kappa shape index (κ3) is 4.50. The summed E-state index contributed by atoms with van der Waals surface area (Å²) in [5, 5.41) is 3.66. The quantitative estimate of drug-likeness (QED) is 0.784. The van der Waals surface area contributed by atoms with E-state index in [0.717, 1.165) is 5.69 Å². The van der Waals surface area contributed by atoms with Gasteiger partial charge in [0.1, 0.15) is 0 Å². The first kappa shape index (κ1) is 19.2. The molecule has 0 aliphatic rings. The molecule has 5 nitrogen and oxygen atoms in total. The largest absolute Gasteiger partial charge is 0.493 e. The van der Waals surface area contributed by atoms with E-state index >= 15 is 0 Å². The second-order valence-corrected chi connectivity index (χ2v) is 6.25. The highest BCUT2D eigenvalue weighted by molar-refractivity contribution is 6.34. The van der Waals surface area contributed by atoms with Gasteiger partial charge in [-0.15, -0.1) is 0 Å². The normalized spacial score (nSPS) is 10.3.